The fourth-order valence-electron chi connectivity index (χ4n) is 1.09. The lowest BCUT2D eigenvalue weighted by atomic mass is 10.6. The van der Waals surface area contributed by atoms with Gasteiger partial charge in [-0.15, -0.1) is 0 Å². The number of hydrogen-bond acceptors (Lipinski definition) is 4. The lowest BCUT2D eigenvalue weighted by molar-refractivity contribution is 0.00811. The van der Waals surface area contributed by atoms with Gasteiger partial charge in [-0.05, 0) is 0 Å². The highest BCUT2D eigenvalue weighted by Gasteiger charge is 2.28. The molecule has 0 atom stereocenters. The lowest BCUT2D eigenvalue weighted by Gasteiger charge is -2.34. The Labute approximate surface area is 81.5 Å². The van der Waals surface area contributed by atoms with Crippen LogP contribution in [0.15, 0.2) is 0 Å². The second kappa shape index (κ2) is 4.77. The van der Waals surface area contributed by atoms with Crippen LogP contribution in [0.3, 0.4) is 0 Å². The number of amides is 4. The van der Waals surface area contributed by atoms with Gasteiger partial charge < -0.3 is 9.47 Å². The molecule has 1 heterocycles. The van der Waals surface area contributed by atoms with E-state index in [1.54, 1.807) is 0 Å². The van der Waals surface area contributed by atoms with Crippen molar-refractivity contribution < 1.29 is 19.1 Å². The topological polar surface area (TPSA) is 71.1 Å². The zero-order chi connectivity index (χ0) is 10.6. The average molecular weight is 203 g/mol. The van der Waals surface area contributed by atoms with Crippen LogP contribution in [0.25, 0.3) is 0 Å². The van der Waals surface area contributed by atoms with Crippen molar-refractivity contribution in [2.75, 3.05) is 34.3 Å². The Bertz CT molecular complexity index is 211. The van der Waals surface area contributed by atoms with Crippen molar-refractivity contribution >= 4 is 12.1 Å². The molecule has 0 aromatic heterocycles. The number of methoxy groups -OCH3 is 2. The molecule has 0 aliphatic carbocycles. The van der Waals surface area contributed by atoms with E-state index in [-0.39, 0.29) is 20.1 Å². The van der Waals surface area contributed by atoms with Crippen LogP contribution in [0.4, 0.5) is 9.59 Å². The van der Waals surface area contributed by atoms with E-state index in [1.165, 1.54) is 24.0 Å². The van der Waals surface area contributed by atoms with Gasteiger partial charge in [0.25, 0.3) is 0 Å². The second-order valence-electron chi connectivity index (χ2n) is 2.79. The van der Waals surface area contributed by atoms with E-state index < -0.39 is 12.1 Å². The van der Waals surface area contributed by atoms with Crippen molar-refractivity contribution in [1.29, 1.82) is 0 Å². The van der Waals surface area contributed by atoms with Gasteiger partial charge in [-0.1, -0.05) is 0 Å². The van der Waals surface area contributed by atoms with Gasteiger partial charge in [0.05, 0.1) is 0 Å². The van der Waals surface area contributed by atoms with E-state index in [2.05, 4.69) is 5.32 Å². The van der Waals surface area contributed by atoms with E-state index in [0.29, 0.717) is 0 Å². The number of carbonyl (C=O) groups is 2. The minimum absolute atomic E-state index is 0.138. The van der Waals surface area contributed by atoms with Crippen LogP contribution >= 0.6 is 0 Å². The van der Waals surface area contributed by atoms with Gasteiger partial charge in [-0.25, -0.2) is 9.59 Å². The highest BCUT2D eigenvalue weighted by atomic mass is 16.5. The van der Waals surface area contributed by atoms with E-state index in [9.17, 15) is 9.59 Å². The summed E-state index contributed by atoms with van der Waals surface area (Å²) < 4.78 is 9.60. The van der Waals surface area contributed by atoms with Crippen molar-refractivity contribution in [1.82, 2.24) is 15.1 Å². The van der Waals surface area contributed by atoms with Gasteiger partial charge >= 0.3 is 12.1 Å². The number of hydrogen-bond donors (Lipinski definition) is 1. The van der Waals surface area contributed by atoms with Gasteiger partial charge in [0.15, 0.2) is 0 Å². The summed E-state index contributed by atoms with van der Waals surface area (Å²) in [6.07, 6.45) is 0. The molecule has 1 N–H and O–H groups in total. The lowest BCUT2D eigenvalue weighted by Crippen LogP contribution is -2.59. The third-order valence-corrected chi connectivity index (χ3v) is 1.70. The van der Waals surface area contributed by atoms with Gasteiger partial charge in [0.1, 0.15) is 20.1 Å². The van der Waals surface area contributed by atoms with Crippen LogP contribution in [0, 0.1) is 0 Å². The maximum atomic E-state index is 11.2. The van der Waals surface area contributed by atoms with Gasteiger partial charge in [0.2, 0.25) is 0 Å². The normalized spacial score (nSPS) is 17.3. The Hall–Kier alpha value is -1.34. The highest BCUT2D eigenvalue weighted by molar-refractivity contribution is 5.95. The Kier molecular flexibility index (Phi) is 3.66. The summed E-state index contributed by atoms with van der Waals surface area (Å²) in [5.74, 6) is 0. The summed E-state index contributed by atoms with van der Waals surface area (Å²) in [7, 11) is 2.95. The van der Waals surface area contributed by atoms with Crippen LogP contribution in [-0.2, 0) is 9.47 Å². The summed E-state index contributed by atoms with van der Waals surface area (Å²) in [6, 6.07) is -0.909. The molecule has 0 spiro atoms. The summed E-state index contributed by atoms with van der Waals surface area (Å²) in [6.45, 7) is 0.449. The van der Waals surface area contributed by atoms with Crippen molar-refractivity contribution in [3.05, 3.63) is 0 Å². The van der Waals surface area contributed by atoms with Crippen LogP contribution in [0.5, 0.6) is 0 Å². The van der Waals surface area contributed by atoms with Crippen molar-refractivity contribution in [3.63, 3.8) is 0 Å². The van der Waals surface area contributed by atoms with Crippen LogP contribution in [0.2, 0.25) is 0 Å². The first-order valence-electron chi connectivity index (χ1n) is 4.01. The van der Waals surface area contributed by atoms with Crippen LogP contribution in [0.1, 0.15) is 0 Å². The predicted octanol–water partition coefficient (Wildman–Crippen LogP) is -0.401. The Morgan fingerprint density at radius 2 is 1.57 bits per heavy atom. The van der Waals surface area contributed by atoms with E-state index in [4.69, 9.17) is 9.47 Å². The first-order chi connectivity index (χ1) is 6.69. The first kappa shape index (κ1) is 10.7. The standard InChI is InChI=1S/C7H13N3O4/c1-13-4-9-3-10(5-14-2)7(12)8-6(9)11/h3-5H2,1-2H3,(H,8,11,12). The summed E-state index contributed by atoms with van der Waals surface area (Å²) in [4.78, 5) is 25.1. The molecular weight excluding hydrogens is 190 g/mol. The largest absolute Gasteiger partial charge is 0.364 e. The number of imide groups is 1. The molecule has 1 aliphatic rings. The minimum atomic E-state index is -0.454. The predicted molar refractivity (Wildman–Crippen MR) is 46.2 cm³/mol. The molecule has 0 aromatic carbocycles. The Morgan fingerprint density at radius 1 is 1.14 bits per heavy atom. The number of nitrogens with one attached hydrogen (secondary N) is 1. The number of nitrogens with zero attached hydrogens (tertiary/aromatic N) is 2. The summed E-state index contributed by atoms with van der Waals surface area (Å²) >= 11 is 0. The fourth-order valence-corrected chi connectivity index (χ4v) is 1.09. The molecule has 80 valence electrons. The van der Waals surface area contributed by atoms with E-state index in [0.717, 1.165) is 0 Å². The molecule has 0 aromatic rings. The number of rotatable bonds is 4. The quantitative estimate of drug-likeness (QED) is 0.674. The molecule has 0 radical (unpaired) electrons. The molecule has 1 aliphatic heterocycles. The van der Waals surface area contributed by atoms with Gasteiger partial charge in [0, 0.05) is 14.2 Å². The molecule has 0 bridgehead atoms. The molecule has 7 nitrogen and oxygen atoms in total. The molecule has 0 saturated carbocycles. The van der Waals surface area contributed by atoms with Crippen molar-refractivity contribution in [2.24, 2.45) is 0 Å². The van der Waals surface area contributed by atoms with Crippen LogP contribution < -0.4 is 5.32 Å². The zero-order valence-corrected chi connectivity index (χ0v) is 8.15. The second-order valence-corrected chi connectivity index (χ2v) is 2.79. The molecular formula is C7H13N3O4. The van der Waals surface area contributed by atoms with Crippen molar-refractivity contribution in [2.45, 2.75) is 0 Å². The third kappa shape index (κ3) is 2.33. The van der Waals surface area contributed by atoms with Crippen LogP contribution in [-0.4, -0.2) is 56.2 Å². The number of ether oxygens (including phenoxy) is 2. The minimum Gasteiger partial charge on any atom is -0.364 e. The SMILES string of the molecule is COCN1CN(COC)C(=O)NC1=O. The zero-order valence-electron chi connectivity index (χ0n) is 8.15. The van der Waals surface area contributed by atoms with Crippen molar-refractivity contribution in [3.8, 4) is 0 Å². The average Bonchev–Trinajstić information content (AvgIpc) is 2.14. The number of urea groups is 2. The fraction of sp³-hybridized carbons (Fsp3) is 0.714. The van der Waals surface area contributed by atoms with E-state index >= 15 is 0 Å². The third-order valence-electron chi connectivity index (χ3n) is 1.70. The summed E-state index contributed by atoms with van der Waals surface area (Å²) in [5, 5.41) is 2.16. The van der Waals surface area contributed by atoms with E-state index in [1.807, 2.05) is 0 Å². The Morgan fingerprint density at radius 3 is 1.93 bits per heavy atom. The monoisotopic (exact) mass is 203 g/mol. The maximum Gasteiger partial charge on any atom is 0.328 e. The highest BCUT2D eigenvalue weighted by Crippen LogP contribution is 2.02. The molecule has 1 saturated heterocycles. The van der Waals surface area contributed by atoms with Gasteiger partial charge in [-0.2, -0.15) is 0 Å². The Balaban J connectivity index is 2.55. The molecule has 7 heteroatoms. The molecule has 14 heavy (non-hydrogen) atoms. The maximum absolute atomic E-state index is 11.2. The molecule has 4 amide bonds. The van der Waals surface area contributed by atoms with Gasteiger partial charge in [-0.3, -0.25) is 15.1 Å². The smallest absolute Gasteiger partial charge is 0.328 e. The summed E-state index contributed by atoms with van der Waals surface area (Å²) in [5.41, 5.74) is 0. The first-order valence-corrected chi connectivity index (χ1v) is 4.01. The molecule has 1 fully saturated rings. The molecule has 0 unspecified atom stereocenters. The molecule has 1 rings (SSSR count). The number of carbonyl (C=O) groups excluding carboxylic acids is 2.